The van der Waals surface area contributed by atoms with Gasteiger partial charge in [-0.05, 0) is 24.3 Å². The maximum atomic E-state index is 10.4. The van der Waals surface area contributed by atoms with Gasteiger partial charge in [0.25, 0.3) is 0 Å². The third-order valence-electron chi connectivity index (χ3n) is 1.28. The summed E-state index contributed by atoms with van der Waals surface area (Å²) in [5, 5.41) is 0. The highest BCUT2D eigenvalue weighted by atomic mass is 31.2. The van der Waals surface area contributed by atoms with Crippen molar-refractivity contribution in [3.63, 3.8) is 0 Å². The maximum absolute atomic E-state index is 10.4. The molecular formula is C7H9O5P. The molecule has 0 saturated carbocycles. The van der Waals surface area contributed by atoms with Crippen molar-refractivity contribution in [3.05, 3.63) is 24.3 Å². The number of ether oxygens (including phenoxy) is 1. The summed E-state index contributed by atoms with van der Waals surface area (Å²) in [6.07, 6.45) is 0. The molecule has 0 atom stereocenters. The topological polar surface area (TPSA) is 76.0 Å². The summed E-state index contributed by atoms with van der Waals surface area (Å²) in [6, 6.07) is 5.92. The largest absolute Gasteiger partial charge is 0.524 e. The number of methoxy groups -OCH3 is 1. The van der Waals surface area contributed by atoms with Crippen molar-refractivity contribution in [2.24, 2.45) is 0 Å². The first-order chi connectivity index (χ1) is 6.01. The molecule has 0 saturated heterocycles. The predicted molar refractivity (Wildman–Crippen MR) is 45.7 cm³/mol. The molecule has 0 fully saturated rings. The van der Waals surface area contributed by atoms with Gasteiger partial charge in [0.15, 0.2) is 0 Å². The summed E-state index contributed by atoms with van der Waals surface area (Å²) in [5.41, 5.74) is 0. The molecule has 0 aliphatic heterocycles. The van der Waals surface area contributed by atoms with Gasteiger partial charge in [-0.1, -0.05) is 0 Å². The molecule has 0 aromatic heterocycles. The van der Waals surface area contributed by atoms with E-state index in [0.29, 0.717) is 5.75 Å². The summed E-state index contributed by atoms with van der Waals surface area (Å²) >= 11 is 0. The summed E-state index contributed by atoms with van der Waals surface area (Å²) < 4.78 is 19.6. The van der Waals surface area contributed by atoms with Crippen LogP contribution in [0.3, 0.4) is 0 Å². The Morgan fingerprint density at radius 3 is 2.00 bits per heavy atom. The van der Waals surface area contributed by atoms with E-state index in [2.05, 4.69) is 4.52 Å². The standard InChI is InChI=1S/C7H9O5P/c1-11-6-2-4-7(5-3-6)12-13(8,9)10/h2-5H,1H3,(H2,8,9,10). The molecule has 1 rings (SSSR count). The second-order valence-corrected chi connectivity index (χ2v) is 3.42. The number of phosphoric acid groups is 1. The Hall–Kier alpha value is -1.03. The summed E-state index contributed by atoms with van der Waals surface area (Å²) in [5.74, 6) is 0.701. The highest BCUT2D eigenvalue weighted by Gasteiger charge is 2.15. The lowest BCUT2D eigenvalue weighted by atomic mass is 10.3. The zero-order chi connectivity index (χ0) is 9.90. The van der Waals surface area contributed by atoms with Gasteiger partial charge in [0, 0.05) is 0 Å². The molecule has 6 heteroatoms. The number of benzene rings is 1. The lowest BCUT2D eigenvalue weighted by Crippen LogP contribution is -1.90. The van der Waals surface area contributed by atoms with Crippen molar-refractivity contribution in [1.29, 1.82) is 0 Å². The van der Waals surface area contributed by atoms with Crippen molar-refractivity contribution >= 4 is 7.82 Å². The zero-order valence-electron chi connectivity index (χ0n) is 6.88. The Labute approximate surface area is 75.2 Å². The Morgan fingerprint density at radius 2 is 1.62 bits per heavy atom. The summed E-state index contributed by atoms with van der Waals surface area (Å²) in [4.78, 5) is 16.9. The van der Waals surface area contributed by atoms with Gasteiger partial charge in [0.1, 0.15) is 11.5 Å². The average molecular weight is 204 g/mol. The minimum Gasteiger partial charge on any atom is -0.497 e. The third kappa shape index (κ3) is 3.46. The quantitative estimate of drug-likeness (QED) is 0.722. The van der Waals surface area contributed by atoms with Crippen LogP contribution >= 0.6 is 7.82 Å². The minimum absolute atomic E-state index is 0.106. The molecule has 0 amide bonds. The molecule has 72 valence electrons. The molecule has 1 aromatic rings. The number of hydrogen-bond donors (Lipinski definition) is 2. The van der Waals surface area contributed by atoms with Gasteiger partial charge >= 0.3 is 7.82 Å². The molecule has 0 bridgehead atoms. The molecule has 0 aliphatic carbocycles. The average Bonchev–Trinajstić information content (AvgIpc) is 2.03. The molecule has 0 heterocycles. The molecule has 0 radical (unpaired) electrons. The minimum atomic E-state index is -4.45. The summed E-state index contributed by atoms with van der Waals surface area (Å²) in [7, 11) is -2.95. The van der Waals surface area contributed by atoms with Crippen LogP contribution in [-0.4, -0.2) is 16.9 Å². The molecular weight excluding hydrogens is 195 g/mol. The van der Waals surface area contributed by atoms with Crippen molar-refractivity contribution in [2.75, 3.05) is 7.11 Å². The number of phosphoric ester groups is 1. The number of rotatable bonds is 3. The monoisotopic (exact) mass is 204 g/mol. The number of hydrogen-bond acceptors (Lipinski definition) is 3. The highest BCUT2D eigenvalue weighted by Crippen LogP contribution is 2.37. The van der Waals surface area contributed by atoms with E-state index in [0.717, 1.165) is 0 Å². The lowest BCUT2D eigenvalue weighted by molar-refractivity contribution is 0.283. The van der Waals surface area contributed by atoms with Crippen LogP contribution in [0.15, 0.2) is 24.3 Å². The zero-order valence-corrected chi connectivity index (χ0v) is 7.77. The Morgan fingerprint density at radius 1 is 1.15 bits per heavy atom. The van der Waals surface area contributed by atoms with E-state index >= 15 is 0 Å². The van der Waals surface area contributed by atoms with Gasteiger partial charge in [-0.2, -0.15) is 0 Å². The van der Waals surface area contributed by atoms with Crippen LogP contribution < -0.4 is 9.26 Å². The van der Waals surface area contributed by atoms with Crippen molar-refractivity contribution in [1.82, 2.24) is 0 Å². The van der Waals surface area contributed by atoms with Crippen LogP contribution in [0.1, 0.15) is 0 Å². The van der Waals surface area contributed by atoms with Gasteiger partial charge < -0.3 is 9.26 Å². The normalized spacial score (nSPS) is 11.0. The molecule has 0 spiro atoms. The van der Waals surface area contributed by atoms with Gasteiger partial charge in [-0.25, -0.2) is 4.57 Å². The smallest absolute Gasteiger partial charge is 0.497 e. The molecule has 0 unspecified atom stereocenters. The van der Waals surface area contributed by atoms with Crippen LogP contribution in [0.4, 0.5) is 0 Å². The first-order valence-corrected chi connectivity index (χ1v) is 4.93. The van der Waals surface area contributed by atoms with Gasteiger partial charge in [-0.15, -0.1) is 0 Å². The van der Waals surface area contributed by atoms with E-state index in [-0.39, 0.29) is 5.75 Å². The Kier molecular flexibility index (Phi) is 2.93. The molecule has 2 N–H and O–H groups in total. The highest BCUT2D eigenvalue weighted by molar-refractivity contribution is 7.46. The van der Waals surface area contributed by atoms with Crippen LogP contribution in [0, 0.1) is 0 Å². The maximum Gasteiger partial charge on any atom is 0.524 e. The lowest BCUT2D eigenvalue weighted by Gasteiger charge is -2.06. The second kappa shape index (κ2) is 3.79. The van der Waals surface area contributed by atoms with Crippen molar-refractivity contribution in [2.45, 2.75) is 0 Å². The van der Waals surface area contributed by atoms with E-state index in [1.165, 1.54) is 19.2 Å². The van der Waals surface area contributed by atoms with Crippen molar-refractivity contribution in [3.8, 4) is 11.5 Å². The Balaban J connectivity index is 2.76. The fourth-order valence-corrected chi connectivity index (χ4v) is 1.17. The molecule has 5 nitrogen and oxygen atoms in total. The van der Waals surface area contributed by atoms with Crippen LogP contribution in [0.25, 0.3) is 0 Å². The van der Waals surface area contributed by atoms with Gasteiger partial charge in [0.05, 0.1) is 7.11 Å². The SMILES string of the molecule is COc1ccc(OP(=O)(O)O)cc1. The fourth-order valence-electron chi connectivity index (χ4n) is 0.774. The summed E-state index contributed by atoms with van der Waals surface area (Å²) in [6.45, 7) is 0. The van der Waals surface area contributed by atoms with Crippen LogP contribution in [0.5, 0.6) is 11.5 Å². The van der Waals surface area contributed by atoms with E-state index < -0.39 is 7.82 Å². The van der Waals surface area contributed by atoms with E-state index in [9.17, 15) is 4.57 Å². The fraction of sp³-hybridized carbons (Fsp3) is 0.143. The van der Waals surface area contributed by atoms with Crippen LogP contribution in [-0.2, 0) is 4.57 Å². The van der Waals surface area contributed by atoms with Gasteiger partial charge in [-0.3, -0.25) is 9.79 Å². The molecule has 13 heavy (non-hydrogen) atoms. The predicted octanol–water partition coefficient (Wildman–Crippen LogP) is 1.17. The first-order valence-electron chi connectivity index (χ1n) is 3.40. The Bertz CT molecular complexity index is 314. The molecule has 0 aliphatic rings. The molecule has 1 aromatic carbocycles. The second-order valence-electron chi connectivity index (χ2n) is 2.26. The van der Waals surface area contributed by atoms with Crippen molar-refractivity contribution < 1.29 is 23.6 Å². The van der Waals surface area contributed by atoms with Crippen LogP contribution in [0.2, 0.25) is 0 Å². The van der Waals surface area contributed by atoms with E-state index in [1.807, 2.05) is 0 Å². The first kappa shape index (κ1) is 10.1. The third-order valence-corrected chi connectivity index (χ3v) is 1.73. The van der Waals surface area contributed by atoms with E-state index in [1.54, 1.807) is 12.1 Å². The van der Waals surface area contributed by atoms with Gasteiger partial charge in [0.2, 0.25) is 0 Å². The van der Waals surface area contributed by atoms with E-state index in [4.69, 9.17) is 14.5 Å².